The normalized spacial score (nSPS) is 10.7. The Hall–Kier alpha value is -1.35. The van der Waals surface area contributed by atoms with Crippen LogP contribution in [0.25, 0.3) is 10.9 Å². The summed E-state index contributed by atoms with van der Waals surface area (Å²) in [6, 6.07) is 5.48. The lowest BCUT2D eigenvalue weighted by Gasteiger charge is -1.93. The molecule has 2 rings (SSSR count). The third kappa shape index (κ3) is 1.77. The van der Waals surface area contributed by atoms with Crippen LogP contribution < -0.4 is 0 Å². The monoisotopic (exact) mass is 208 g/mol. The van der Waals surface area contributed by atoms with Crippen LogP contribution in [-0.4, -0.2) is 15.6 Å². The predicted molar refractivity (Wildman–Crippen MR) is 55.4 cm³/mol. The summed E-state index contributed by atoms with van der Waals surface area (Å²) in [6.07, 6.45) is 1.84. The van der Waals surface area contributed by atoms with Crippen molar-refractivity contribution >= 4 is 28.3 Å². The molecule has 0 bridgehead atoms. The van der Waals surface area contributed by atoms with Crippen LogP contribution >= 0.6 is 11.6 Å². The van der Waals surface area contributed by atoms with Gasteiger partial charge >= 0.3 is 0 Å². The number of ketones is 1. The van der Waals surface area contributed by atoms with Gasteiger partial charge in [-0.25, -0.2) is 0 Å². The Morgan fingerprint density at radius 3 is 3.07 bits per heavy atom. The summed E-state index contributed by atoms with van der Waals surface area (Å²) in [7, 11) is 0. The largest absolute Gasteiger partial charge is 0.298 e. The molecule has 0 aliphatic carbocycles. The van der Waals surface area contributed by atoms with Crippen LogP contribution in [0.5, 0.6) is 0 Å². The number of rotatable bonds is 2. The number of carbonyl (C=O) groups is 1. The highest BCUT2D eigenvalue weighted by molar-refractivity contribution is 6.31. The maximum atomic E-state index is 10.9. The van der Waals surface area contributed by atoms with E-state index in [-0.39, 0.29) is 5.78 Å². The number of fused-ring (bicyclic) bond motifs is 1. The molecule has 0 saturated heterocycles. The minimum atomic E-state index is 0.0869. The zero-order valence-corrected chi connectivity index (χ0v) is 8.45. The van der Waals surface area contributed by atoms with Gasteiger partial charge in [0, 0.05) is 16.6 Å². The molecule has 0 N–H and O–H groups in total. The fourth-order valence-corrected chi connectivity index (χ4v) is 1.52. The molecule has 0 radical (unpaired) electrons. The van der Waals surface area contributed by atoms with Gasteiger partial charge in [0.2, 0.25) is 0 Å². The van der Waals surface area contributed by atoms with E-state index in [1.807, 2.05) is 18.3 Å². The minimum absolute atomic E-state index is 0.0869. The first-order valence-electron chi connectivity index (χ1n) is 4.27. The lowest BCUT2D eigenvalue weighted by molar-refractivity contribution is -0.117. The zero-order valence-electron chi connectivity index (χ0n) is 7.70. The first-order chi connectivity index (χ1) is 6.65. The second-order valence-electron chi connectivity index (χ2n) is 3.23. The van der Waals surface area contributed by atoms with Crippen molar-refractivity contribution in [2.45, 2.75) is 13.5 Å². The summed E-state index contributed by atoms with van der Waals surface area (Å²) in [5, 5.41) is 5.88. The molecular formula is C10H9ClN2O. The van der Waals surface area contributed by atoms with Crippen molar-refractivity contribution in [1.82, 2.24) is 9.78 Å². The van der Waals surface area contributed by atoms with Gasteiger partial charge in [0.15, 0.2) is 5.78 Å². The first-order valence-corrected chi connectivity index (χ1v) is 4.65. The molecule has 72 valence electrons. The molecular weight excluding hydrogens is 200 g/mol. The summed E-state index contributed by atoms with van der Waals surface area (Å²) in [4.78, 5) is 10.9. The molecule has 0 aliphatic heterocycles. The van der Waals surface area contributed by atoms with E-state index in [1.165, 1.54) is 0 Å². The SMILES string of the molecule is CC(=O)Cn1cc2ccc(Cl)cc2n1. The molecule has 0 saturated carbocycles. The first kappa shape index (κ1) is 9.21. The second kappa shape index (κ2) is 3.42. The van der Waals surface area contributed by atoms with Crippen LogP contribution in [-0.2, 0) is 11.3 Å². The van der Waals surface area contributed by atoms with E-state index < -0.39 is 0 Å². The van der Waals surface area contributed by atoms with Gasteiger partial charge in [-0.05, 0) is 25.1 Å². The molecule has 1 aromatic carbocycles. The molecule has 4 heteroatoms. The smallest absolute Gasteiger partial charge is 0.151 e. The molecule has 0 unspecified atom stereocenters. The molecule has 3 nitrogen and oxygen atoms in total. The van der Waals surface area contributed by atoms with Crippen molar-refractivity contribution in [2.24, 2.45) is 0 Å². The van der Waals surface area contributed by atoms with E-state index in [2.05, 4.69) is 5.10 Å². The number of aromatic nitrogens is 2. The molecule has 2 aromatic rings. The summed E-state index contributed by atoms with van der Waals surface area (Å²) in [5.74, 6) is 0.0869. The van der Waals surface area contributed by atoms with E-state index in [4.69, 9.17) is 11.6 Å². The highest BCUT2D eigenvalue weighted by Crippen LogP contribution is 2.17. The second-order valence-corrected chi connectivity index (χ2v) is 3.67. The molecule has 1 heterocycles. The Morgan fingerprint density at radius 2 is 2.36 bits per heavy atom. The highest BCUT2D eigenvalue weighted by Gasteiger charge is 2.02. The topological polar surface area (TPSA) is 34.9 Å². The summed E-state index contributed by atoms with van der Waals surface area (Å²) < 4.78 is 1.63. The lowest BCUT2D eigenvalue weighted by atomic mass is 10.3. The number of nitrogens with zero attached hydrogens (tertiary/aromatic N) is 2. The molecule has 0 aliphatic rings. The van der Waals surface area contributed by atoms with Crippen molar-refractivity contribution in [1.29, 1.82) is 0 Å². The van der Waals surface area contributed by atoms with Crippen LogP contribution in [0.2, 0.25) is 5.02 Å². The minimum Gasteiger partial charge on any atom is -0.298 e. The van der Waals surface area contributed by atoms with Crippen molar-refractivity contribution in [3.8, 4) is 0 Å². The predicted octanol–water partition coefficient (Wildman–Crippen LogP) is 2.28. The Bertz CT molecular complexity index is 490. The van der Waals surface area contributed by atoms with Crippen LogP contribution in [0.3, 0.4) is 0 Å². The Labute approximate surface area is 86.3 Å². The van der Waals surface area contributed by atoms with Crippen LogP contribution in [0.4, 0.5) is 0 Å². The van der Waals surface area contributed by atoms with E-state index in [0.717, 1.165) is 10.9 Å². The van der Waals surface area contributed by atoms with Gasteiger partial charge in [0.25, 0.3) is 0 Å². The zero-order chi connectivity index (χ0) is 10.1. The Morgan fingerprint density at radius 1 is 1.57 bits per heavy atom. The van der Waals surface area contributed by atoms with Crippen LogP contribution in [0.1, 0.15) is 6.92 Å². The summed E-state index contributed by atoms with van der Waals surface area (Å²) in [5.41, 5.74) is 0.818. The number of hydrogen-bond donors (Lipinski definition) is 0. The molecule has 1 aromatic heterocycles. The standard InChI is InChI=1S/C10H9ClN2O/c1-7(14)5-13-6-8-2-3-9(11)4-10(8)12-13/h2-4,6H,5H2,1H3. The van der Waals surface area contributed by atoms with Gasteiger partial charge < -0.3 is 0 Å². The van der Waals surface area contributed by atoms with Crippen molar-refractivity contribution in [3.63, 3.8) is 0 Å². The van der Waals surface area contributed by atoms with E-state index in [0.29, 0.717) is 11.6 Å². The average Bonchev–Trinajstić information content (AvgIpc) is 2.44. The number of benzene rings is 1. The van der Waals surface area contributed by atoms with Crippen LogP contribution in [0, 0.1) is 0 Å². The van der Waals surface area contributed by atoms with Crippen molar-refractivity contribution in [3.05, 3.63) is 29.4 Å². The van der Waals surface area contributed by atoms with Gasteiger partial charge in [-0.3, -0.25) is 9.48 Å². The molecule has 0 spiro atoms. The molecule has 0 amide bonds. The third-order valence-electron chi connectivity index (χ3n) is 1.90. The van der Waals surface area contributed by atoms with Crippen molar-refractivity contribution < 1.29 is 4.79 Å². The van der Waals surface area contributed by atoms with Gasteiger partial charge in [-0.15, -0.1) is 0 Å². The van der Waals surface area contributed by atoms with Gasteiger partial charge in [-0.1, -0.05) is 11.6 Å². The number of halogens is 1. The summed E-state index contributed by atoms with van der Waals surface area (Å²) >= 11 is 5.82. The van der Waals surface area contributed by atoms with Gasteiger partial charge in [-0.2, -0.15) is 5.10 Å². The Balaban J connectivity index is 2.46. The van der Waals surface area contributed by atoms with Gasteiger partial charge in [0.1, 0.15) is 0 Å². The fourth-order valence-electron chi connectivity index (χ4n) is 1.35. The molecule has 14 heavy (non-hydrogen) atoms. The lowest BCUT2D eigenvalue weighted by Crippen LogP contribution is -2.05. The third-order valence-corrected chi connectivity index (χ3v) is 2.14. The van der Waals surface area contributed by atoms with Gasteiger partial charge in [0.05, 0.1) is 12.1 Å². The van der Waals surface area contributed by atoms with Crippen molar-refractivity contribution in [2.75, 3.05) is 0 Å². The summed E-state index contributed by atoms with van der Waals surface area (Å²) in [6.45, 7) is 1.85. The maximum Gasteiger partial charge on any atom is 0.151 e. The Kier molecular flexibility index (Phi) is 2.25. The number of hydrogen-bond acceptors (Lipinski definition) is 2. The highest BCUT2D eigenvalue weighted by atomic mass is 35.5. The average molecular weight is 209 g/mol. The fraction of sp³-hybridized carbons (Fsp3) is 0.200. The van der Waals surface area contributed by atoms with E-state index in [9.17, 15) is 4.79 Å². The van der Waals surface area contributed by atoms with E-state index >= 15 is 0 Å². The molecule has 0 fully saturated rings. The van der Waals surface area contributed by atoms with E-state index in [1.54, 1.807) is 17.7 Å². The number of Topliss-reactive ketones (excluding diaryl/α,β-unsaturated/α-hetero) is 1. The quantitative estimate of drug-likeness (QED) is 0.759. The molecule has 0 atom stereocenters. The maximum absolute atomic E-state index is 10.9. The van der Waals surface area contributed by atoms with Crippen LogP contribution in [0.15, 0.2) is 24.4 Å². The number of carbonyl (C=O) groups excluding carboxylic acids is 1.